The SMILES string of the molecule is Cc1nn(C2CCS(=O)(=O)C2)c2c1C(c1ccc(F)c(F)c1)CC(=O)N2. The van der Waals surface area contributed by atoms with Gasteiger partial charge in [-0.1, -0.05) is 6.07 Å². The number of hydrogen-bond donors (Lipinski definition) is 1. The summed E-state index contributed by atoms with van der Waals surface area (Å²) >= 11 is 0. The van der Waals surface area contributed by atoms with E-state index in [-0.39, 0.29) is 29.9 Å². The molecule has 1 aromatic heterocycles. The second kappa shape index (κ2) is 5.87. The molecule has 0 radical (unpaired) electrons. The number of hydrogen-bond acceptors (Lipinski definition) is 4. The largest absolute Gasteiger partial charge is 0.311 e. The second-order valence-corrected chi connectivity index (χ2v) is 9.06. The average molecular weight is 381 g/mol. The summed E-state index contributed by atoms with van der Waals surface area (Å²) in [5.74, 6) is -2.12. The van der Waals surface area contributed by atoms with Crippen molar-refractivity contribution in [2.24, 2.45) is 0 Å². The molecule has 0 spiro atoms. The summed E-state index contributed by atoms with van der Waals surface area (Å²) in [4.78, 5) is 12.2. The lowest BCUT2D eigenvalue weighted by Crippen LogP contribution is -2.26. The molecular formula is C17H17F2N3O3S. The van der Waals surface area contributed by atoms with Crippen LogP contribution in [-0.2, 0) is 14.6 Å². The summed E-state index contributed by atoms with van der Waals surface area (Å²) in [5.41, 5.74) is 1.85. The third-order valence-electron chi connectivity index (χ3n) is 5.03. The number of anilines is 1. The molecule has 9 heteroatoms. The first-order chi connectivity index (χ1) is 12.2. The van der Waals surface area contributed by atoms with Crippen molar-refractivity contribution in [2.45, 2.75) is 31.7 Å². The first-order valence-corrected chi connectivity index (χ1v) is 10.1. The van der Waals surface area contributed by atoms with Crippen LogP contribution in [0.25, 0.3) is 0 Å². The molecular weight excluding hydrogens is 364 g/mol. The molecule has 1 aromatic carbocycles. The molecule has 1 N–H and O–H groups in total. The first kappa shape index (κ1) is 17.1. The van der Waals surface area contributed by atoms with Crippen LogP contribution in [-0.4, -0.2) is 35.6 Å². The molecule has 26 heavy (non-hydrogen) atoms. The second-order valence-electron chi connectivity index (χ2n) is 6.83. The Morgan fingerprint density at radius 1 is 1.27 bits per heavy atom. The van der Waals surface area contributed by atoms with Gasteiger partial charge in [0.25, 0.3) is 0 Å². The quantitative estimate of drug-likeness (QED) is 0.866. The van der Waals surface area contributed by atoms with Crippen molar-refractivity contribution in [2.75, 3.05) is 16.8 Å². The van der Waals surface area contributed by atoms with Gasteiger partial charge in [0.05, 0.1) is 23.2 Å². The van der Waals surface area contributed by atoms with Crippen LogP contribution in [0, 0.1) is 18.6 Å². The minimum atomic E-state index is -3.12. The number of carbonyl (C=O) groups is 1. The Kier molecular flexibility index (Phi) is 3.87. The van der Waals surface area contributed by atoms with Crippen molar-refractivity contribution in [1.29, 1.82) is 0 Å². The maximum atomic E-state index is 13.7. The van der Waals surface area contributed by atoms with Gasteiger partial charge in [-0.3, -0.25) is 4.79 Å². The average Bonchev–Trinajstić information content (AvgIpc) is 3.09. The van der Waals surface area contributed by atoms with E-state index < -0.39 is 27.4 Å². The van der Waals surface area contributed by atoms with Crippen molar-refractivity contribution in [3.8, 4) is 0 Å². The zero-order chi connectivity index (χ0) is 18.6. The molecule has 6 nitrogen and oxygen atoms in total. The van der Waals surface area contributed by atoms with Crippen LogP contribution in [0.15, 0.2) is 18.2 Å². The molecule has 0 bridgehead atoms. The van der Waals surface area contributed by atoms with Gasteiger partial charge in [-0.2, -0.15) is 5.10 Å². The zero-order valence-corrected chi connectivity index (χ0v) is 14.8. The number of sulfone groups is 1. The minimum absolute atomic E-state index is 0.0216. The summed E-state index contributed by atoms with van der Waals surface area (Å²) in [6.07, 6.45) is 0.523. The van der Waals surface area contributed by atoms with Gasteiger partial charge in [0.2, 0.25) is 5.91 Å². The maximum Gasteiger partial charge on any atom is 0.226 e. The molecule has 4 rings (SSSR count). The smallest absolute Gasteiger partial charge is 0.226 e. The van der Waals surface area contributed by atoms with Crippen LogP contribution in [0.4, 0.5) is 14.6 Å². The fraction of sp³-hybridized carbons (Fsp3) is 0.412. The summed E-state index contributed by atoms with van der Waals surface area (Å²) < 4.78 is 52.1. The van der Waals surface area contributed by atoms with E-state index in [1.54, 1.807) is 11.6 Å². The van der Waals surface area contributed by atoms with Gasteiger partial charge in [0, 0.05) is 17.9 Å². The number of halogens is 2. The number of amides is 1. The topological polar surface area (TPSA) is 81.1 Å². The van der Waals surface area contributed by atoms with Gasteiger partial charge in [0.15, 0.2) is 21.5 Å². The summed E-state index contributed by atoms with van der Waals surface area (Å²) in [5, 5.41) is 7.24. The Hall–Kier alpha value is -2.29. The Balaban J connectivity index is 1.81. The normalized spacial score (nSPS) is 24.3. The molecule has 2 aromatic rings. The Bertz CT molecular complexity index is 1020. The number of benzene rings is 1. The molecule has 0 saturated carbocycles. The summed E-state index contributed by atoms with van der Waals surface area (Å²) in [6.45, 7) is 1.77. The number of carbonyl (C=O) groups excluding carboxylic acids is 1. The highest BCUT2D eigenvalue weighted by Crippen LogP contribution is 2.41. The lowest BCUT2D eigenvalue weighted by Gasteiger charge is -2.25. The van der Waals surface area contributed by atoms with Crippen LogP contribution in [0.5, 0.6) is 0 Å². The predicted molar refractivity (Wildman–Crippen MR) is 90.7 cm³/mol. The number of nitrogens with zero attached hydrogens (tertiary/aromatic N) is 2. The number of nitrogens with one attached hydrogen (secondary N) is 1. The molecule has 1 amide bonds. The van der Waals surface area contributed by atoms with E-state index in [0.717, 1.165) is 17.7 Å². The third kappa shape index (κ3) is 2.80. The fourth-order valence-corrected chi connectivity index (χ4v) is 5.51. The third-order valence-corrected chi connectivity index (χ3v) is 6.78. The minimum Gasteiger partial charge on any atom is -0.311 e. The standard InChI is InChI=1S/C17H17F2N3O3S/c1-9-16-12(10-2-3-13(18)14(19)6-10)7-15(23)20-17(16)22(21-9)11-4-5-26(24,25)8-11/h2-3,6,11-12H,4-5,7-8H2,1H3,(H,20,23). The fourth-order valence-electron chi connectivity index (χ4n) is 3.82. The number of fused-ring (bicyclic) bond motifs is 1. The van der Waals surface area contributed by atoms with E-state index in [1.165, 1.54) is 6.07 Å². The van der Waals surface area contributed by atoms with E-state index >= 15 is 0 Å². The Morgan fingerprint density at radius 2 is 2.04 bits per heavy atom. The van der Waals surface area contributed by atoms with E-state index in [4.69, 9.17) is 0 Å². The monoisotopic (exact) mass is 381 g/mol. The summed E-state index contributed by atoms with van der Waals surface area (Å²) in [6, 6.07) is 3.26. The highest BCUT2D eigenvalue weighted by Gasteiger charge is 2.37. The molecule has 2 aliphatic heterocycles. The van der Waals surface area contributed by atoms with Gasteiger partial charge < -0.3 is 5.32 Å². The van der Waals surface area contributed by atoms with E-state index in [0.29, 0.717) is 23.5 Å². The van der Waals surface area contributed by atoms with Gasteiger partial charge in [-0.25, -0.2) is 21.9 Å². The maximum absolute atomic E-state index is 13.7. The van der Waals surface area contributed by atoms with Gasteiger partial charge in [0.1, 0.15) is 5.82 Å². The first-order valence-electron chi connectivity index (χ1n) is 8.29. The van der Waals surface area contributed by atoms with Crippen LogP contribution >= 0.6 is 0 Å². The van der Waals surface area contributed by atoms with E-state index in [1.807, 2.05) is 0 Å². The summed E-state index contributed by atoms with van der Waals surface area (Å²) in [7, 11) is -3.12. The highest BCUT2D eigenvalue weighted by molar-refractivity contribution is 7.91. The Morgan fingerprint density at radius 3 is 2.69 bits per heavy atom. The number of aromatic nitrogens is 2. The molecule has 1 saturated heterocycles. The van der Waals surface area contributed by atoms with Gasteiger partial charge in [-0.05, 0) is 31.0 Å². The van der Waals surface area contributed by atoms with Crippen LogP contribution < -0.4 is 5.32 Å². The number of rotatable bonds is 2. The Labute approximate surface area is 149 Å². The molecule has 2 atom stereocenters. The van der Waals surface area contributed by atoms with Gasteiger partial charge >= 0.3 is 0 Å². The predicted octanol–water partition coefficient (Wildman–Crippen LogP) is 2.30. The molecule has 1 fully saturated rings. The molecule has 0 aliphatic carbocycles. The van der Waals surface area contributed by atoms with Crippen LogP contribution in [0.3, 0.4) is 0 Å². The number of aryl methyl sites for hydroxylation is 1. The van der Waals surface area contributed by atoms with Crippen LogP contribution in [0.1, 0.15) is 41.6 Å². The van der Waals surface area contributed by atoms with E-state index in [2.05, 4.69) is 10.4 Å². The van der Waals surface area contributed by atoms with Crippen LogP contribution in [0.2, 0.25) is 0 Å². The molecule has 2 unspecified atom stereocenters. The molecule has 138 valence electrons. The van der Waals surface area contributed by atoms with E-state index in [9.17, 15) is 22.0 Å². The van der Waals surface area contributed by atoms with Crippen molar-refractivity contribution in [3.05, 3.63) is 46.7 Å². The molecule has 2 aliphatic rings. The van der Waals surface area contributed by atoms with Crippen molar-refractivity contribution in [3.63, 3.8) is 0 Å². The van der Waals surface area contributed by atoms with Gasteiger partial charge in [-0.15, -0.1) is 0 Å². The lowest BCUT2D eigenvalue weighted by molar-refractivity contribution is -0.116. The highest BCUT2D eigenvalue weighted by atomic mass is 32.2. The molecule has 3 heterocycles. The van der Waals surface area contributed by atoms with Crippen molar-refractivity contribution < 1.29 is 22.0 Å². The van der Waals surface area contributed by atoms with Crippen molar-refractivity contribution >= 4 is 21.6 Å². The zero-order valence-electron chi connectivity index (χ0n) is 14.0. The lowest BCUT2D eigenvalue weighted by atomic mass is 9.85. The van der Waals surface area contributed by atoms with Crippen molar-refractivity contribution in [1.82, 2.24) is 9.78 Å².